The quantitative estimate of drug-likeness (QED) is 0.790. The van der Waals surface area contributed by atoms with E-state index in [1.165, 1.54) is 19.2 Å². The molecule has 2 heterocycles. The summed E-state index contributed by atoms with van der Waals surface area (Å²) in [5, 5.41) is 7.88. The molecular weight excluding hydrogens is 340 g/mol. The number of benzene rings is 1. The van der Waals surface area contributed by atoms with Crippen LogP contribution in [0.3, 0.4) is 0 Å². The minimum Gasteiger partial charge on any atom is -0.464 e. The highest BCUT2D eigenvalue weighted by molar-refractivity contribution is 6.33. The van der Waals surface area contributed by atoms with Gasteiger partial charge in [-0.3, -0.25) is 0 Å². The molecule has 8 heteroatoms. The van der Waals surface area contributed by atoms with Crippen molar-refractivity contribution in [3.8, 4) is 0 Å². The zero-order valence-corrected chi connectivity index (χ0v) is 13.6. The number of carbonyl (C=O) groups excluding carboxylic acids is 1. The third kappa shape index (κ3) is 3.03. The maximum Gasteiger partial charge on any atom is 0.360 e. The molecule has 1 unspecified atom stereocenters. The summed E-state index contributed by atoms with van der Waals surface area (Å²) in [5.41, 5.74) is 0.179. The molecule has 0 saturated carbocycles. The van der Waals surface area contributed by atoms with E-state index >= 15 is 0 Å². The van der Waals surface area contributed by atoms with Gasteiger partial charge in [-0.2, -0.15) is 0 Å². The maximum absolute atomic E-state index is 14.1. The Morgan fingerprint density at radius 2 is 2.12 bits per heavy atom. The minimum absolute atomic E-state index is 0.0874. The monoisotopic (exact) mass is 353 g/mol. The van der Waals surface area contributed by atoms with Crippen LogP contribution in [0.5, 0.6) is 0 Å². The predicted octanol–water partition coefficient (Wildman–Crippen LogP) is 3.54. The number of hydrogen-bond donors (Lipinski definition) is 0. The van der Waals surface area contributed by atoms with Crippen molar-refractivity contribution in [3.63, 3.8) is 0 Å². The zero-order valence-electron chi connectivity index (χ0n) is 12.8. The lowest BCUT2D eigenvalue weighted by Gasteiger charge is -2.26. The molecule has 0 aliphatic carbocycles. The molecule has 5 nitrogen and oxygen atoms in total. The molecule has 3 rings (SSSR count). The van der Waals surface area contributed by atoms with Gasteiger partial charge in [0.2, 0.25) is 0 Å². The lowest BCUT2D eigenvalue weighted by Crippen LogP contribution is -2.25. The largest absolute Gasteiger partial charge is 0.464 e. The molecule has 1 aromatic heterocycles. The zero-order chi connectivity index (χ0) is 17.3. The first-order chi connectivity index (χ1) is 11.5. The Balaban J connectivity index is 1.95. The second kappa shape index (κ2) is 6.68. The highest BCUT2D eigenvalue weighted by atomic mass is 35.5. The van der Waals surface area contributed by atoms with E-state index in [1.807, 2.05) is 0 Å². The number of halogens is 3. The van der Waals surface area contributed by atoms with Gasteiger partial charge in [-0.15, -0.1) is 10.2 Å². The summed E-state index contributed by atoms with van der Waals surface area (Å²) < 4.78 is 32.1. The molecule has 0 N–H and O–H groups in total. The number of hydrogen-bond acceptors (Lipinski definition) is 5. The molecule has 1 atom stereocenters. The lowest BCUT2D eigenvalue weighted by molar-refractivity contribution is 0.0593. The van der Waals surface area contributed by atoms with Crippen LogP contribution in [0.4, 0.5) is 14.6 Å². The van der Waals surface area contributed by atoms with E-state index in [2.05, 4.69) is 14.9 Å². The second-order valence-corrected chi connectivity index (χ2v) is 5.82. The Morgan fingerprint density at radius 3 is 2.83 bits per heavy atom. The summed E-state index contributed by atoms with van der Waals surface area (Å²) >= 11 is 6.07. The highest BCUT2D eigenvalue weighted by Crippen LogP contribution is 2.37. The van der Waals surface area contributed by atoms with Crippen molar-refractivity contribution in [2.75, 3.05) is 18.6 Å². The second-order valence-electron chi connectivity index (χ2n) is 5.41. The molecule has 1 aliphatic rings. The molecular formula is C16H14ClF2N3O2. The Labute approximate surface area is 142 Å². The SMILES string of the molecule is COC(=O)c1nnc(N2CCCC2c2cc(F)ccc2F)cc1Cl. The first-order valence-electron chi connectivity index (χ1n) is 7.34. The van der Waals surface area contributed by atoms with E-state index in [1.54, 1.807) is 4.90 Å². The van der Waals surface area contributed by atoms with Gasteiger partial charge in [0.15, 0.2) is 11.5 Å². The van der Waals surface area contributed by atoms with Crippen molar-refractivity contribution in [3.05, 3.63) is 52.2 Å². The Kier molecular flexibility index (Phi) is 4.62. The van der Waals surface area contributed by atoms with Gasteiger partial charge >= 0.3 is 5.97 Å². The summed E-state index contributed by atoms with van der Waals surface area (Å²) in [6.45, 7) is 0.600. The average Bonchev–Trinajstić information content (AvgIpc) is 3.05. The Hall–Kier alpha value is -2.28. The molecule has 0 bridgehead atoms. The molecule has 24 heavy (non-hydrogen) atoms. The third-order valence-electron chi connectivity index (χ3n) is 3.98. The molecule has 1 fully saturated rings. The number of methoxy groups -OCH3 is 1. The number of rotatable bonds is 3. The topological polar surface area (TPSA) is 55.3 Å². The van der Waals surface area contributed by atoms with Crippen LogP contribution < -0.4 is 4.90 Å². The fourth-order valence-corrected chi connectivity index (χ4v) is 3.08. The highest BCUT2D eigenvalue weighted by Gasteiger charge is 2.30. The van der Waals surface area contributed by atoms with E-state index in [0.717, 1.165) is 18.6 Å². The van der Waals surface area contributed by atoms with Crippen molar-refractivity contribution in [2.45, 2.75) is 18.9 Å². The van der Waals surface area contributed by atoms with Crippen molar-refractivity contribution in [2.24, 2.45) is 0 Å². The normalized spacial score (nSPS) is 17.2. The fraction of sp³-hybridized carbons (Fsp3) is 0.312. The number of ether oxygens (including phenoxy) is 1. The van der Waals surface area contributed by atoms with E-state index < -0.39 is 17.6 Å². The predicted molar refractivity (Wildman–Crippen MR) is 84.1 cm³/mol. The van der Waals surface area contributed by atoms with Gasteiger partial charge < -0.3 is 9.64 Å². The number of esters is 1. The lowest BCUT2D eigenvalue weighted by atomic mass is 10.0. The number of nitrogens with zero attached hydrogens (tertiary/aromatic N) is 3. The van der Waals surface area contributed by atoms with Crippen LogP contribution in [-0.2, 0) is 4.74 Å². The number of aromatic nitrogens is 2. The Morgan fingerprint density at radius 1 is 1.33 bits per heavy atom. The number of anilines is 1. The van der Waals surface area contributed by atoms with Crippen molar-refractivity contribution in [1.82, 2.24) is 10.2 Å². The molecule has 1 aliphatic heterocycles. The molecule has 1 saturated heterocycles. The van der Waals surface area contributed by atoms with Gasteiger partial charge in [-0.05, 0) is 31.0 Å². The smallest absolute Gasteiger partial charge is 0.360 e. The molecule has 0 spiro atoms. The van der Waals surface area contributed by atoms with Crippen LogP contribution in [0.1, 0.15) is 34.9 Å². The third-order valence-corrected chi connectivity index (χ3v) is 4.27. The Bertz CT molecular complexity index is 788. The van der Waals surface area contributed by atoms with Gasteiger partial charge in [0.05, 0.1) is 18.2 Å². The molecule has 0 amide bonds. The van der Waals surface area contributed by atoms with Crippen molar-refractivity contribution < 1.29 is 18.3 Å². The van der Waals surface area contributed by atoms with Gasteiger partial charge in [0.25, 0.3) is 0 Å². The van der Waals surface area contributed by atoms with E-state index in [0.29, 0.717) is 18.8 Å². The van der Waals surface area contributed by atoms with Crippen LogP contribution in [0.25, 0.3) is 0 Å². The summed E-state index contributed by atoms with van der Waals surface area (Å²) in [6, 6.07) is 4.50. The van der Waals surface area contributed by atoms with Crippen LogP contribution in [0.15, 0.2) is 24.3 Å². The van der Waals surface area contributed by atoms with Crippen molar-refractivity contribution >= 4 is 23.4 Å². The molecule has 1 aromatic carbocycles. The average molecular weight is 354 g/mol. The summed E-state index contributed by atoms with van der Waals surface area (Å²) in [7, 11) is 1.22. The van der Waals surface area contributed by atoms with E-state index in [4.69, 9.17) is 11.6 Å². The van der Waals surface area contributed by atoms with E-state index in [9.17, 15) is 13.6 Å². The van der Waals surface area contributed by atoms with Gasteiger partial charge in [-0.1, -0.05) is 11.6 Å². The first kappa shape index (κ1) is 16.6. The van der Waals surface area contributed by atoms with Gasteiger partial charge in [-0.25, -0.2) is 13.6 Å². The number of carbonyl (C=O) groups is 1. The van der Waals surface area contributed by atoms with Crippen LogP contribution in [-0.4, -0.2) is 29.8 Å². The van der Waals surface area contributed by atoms with Crippen LogP contribution in [0, 0.1) is 11.6 Å². The summed E-state index contributed by atoms with van der Waals surface area (Å²) in [6.07, 6.45) is 1.44. The standard InChI is InChI=1S/C16H14ClF2N3O2/c1-24-16(23)15-11(17)8-14(20-21-15)22-6-2-3-13(22)10-7-9(18)4-5-12(10)19/h4-5,7-8,13H,2-3,6H2,1H3. The fourth-order valence-electron chi connectivity index (χ4n) is 2.87. The van der Waals surface area contributed by atoms with E-state index in [-0.39, 0.29) is 22.3 Å². The van der Waals surface area contributed by atoms with Crippen LogP contribution >= 0.6 is 11.6 Å². The molecule has 0 radical (unpaired) electrons. The maximum atomic E-state index is 14.1. The van der Waals surface area contributed by atoms with Gasteiger partial charge in [0, 0.05) is 18.2 Å². The minimum atomic E-state index is -0.687. The summed E-state index contributed by atoms with van der Waals surface area (Å²) in [5.74, 6) is -1.26. The first-order valence-corrected chi connectivity index (χ1v) is 7.72. The molecule has 2 aromatic rings. The van der Waals surface area contributed by atoms with Crippen molar-refractivity contribution in [1.29, 1.82) is 0 Å². The van der Waals surface area contributed by atoms with Gasteiger partial charge in [0.1, 0.15) is 11.6 Å². The summed E-state index contributed by atoms with van der Waals surface area (Å²) in [4.78, 5) is 13.3. The van der Waals surface area contributed by atoms with Crippen LogP contribution in [0.2, 0.25) is 5.02 Å². The molecule has 126 valence electrons.